The van der Waals surface area contributed by atoms with Crippen LogP contribution in [0.3, 0.4) is 0 Å². The normalized spacial score (nSPS) is 12.8. The molecule has 0 unspecified atom stereocenters. The zero-order chi connectivity index (χ0) is 22.1. The van der Waals surface area contributed by atoms with Crippen molar-refractivity contribution in [2.75, 3.05) is 20.5 Å². The van der Waals surface area contributed by atoms with Gasteiger partial charge in [0.15, 0.2) is 5.16 Å². The molecule has 3 aromatic rings. The van der Waals surface area contributed by atoms with Gasteiger partial charge in [-0.05, 0) is 24.5 Å². The minimum atomic E-state index is -0.156. The van der Waals surface area contributed by atoms with Crippen LogP contribution in [-0.2, 0) is 13.1 Å². The number of aromatic nitrogens is 2. The van der Waals surface area contributed by atoms with Crippen molar-refractivity contribution in [2.45, 2.75) is 18.2 Å². The van der Waals surface area contributed by atoms with Crippen LogP contribution in [0, 0.1) is 0 Å². The molecule has 0 aliphatic carbocycles. The maximum atomic E-state index is 13.2. The maximum absolute atomic E-state index is 13.2. The van der Waals surface area contributed by atoms with Crippen LogP contribution in [0.5, 0.6) is 11.5 Å². The summed E-state index contributed by atoms with van der Waals surface area (Å²) in [5, 5.41) is 1.32. The van der Waals surface area contributed by atoms with E-state index in [0.717, 1.165) is 16.9 Å². The molecule has 1 amide bonds. The predicted molar refractivity (Wildman–Crippen MR) is 122 cm³/mol. The van der Waals surface area contributed by atoms with E-state index in [1.807, 2.05) is 30.5 Å². The Balaban J connectivity index is 1.79. The highest BCUT2D eigenvalue weighted by Gasteiger charge is 2.34. The molecule has 0 spiro atoms. The lowest BCUT2D eigenvalue weighted by Crippen LogP contribution is -2.23. The van der Waals surface area contributed by atoms with E-state index in [4.69, 9.17) is 32.7 Å². The number of thioether (sulfide) groups is 1. The van der Waals surface area contributed by atoms with Crippen LogP contribution in [0.4, 0.5) is 0 Å². The molecule has 6 nitrogen and oxygen atoms in total. The molecule has 4 rings (SSSR count). The van der Waals surface area contributed by atoms with Gasteiger partial charge in [0.2, 0.25) is 0 Å². The second-order valence-corrected chi connectivity index (χ2v) is 8.41. The van der Waals surface area contributed by atoms with E-state index in [2.05, 4.69) is 9.97 Å². The Hall–Kier alpha value is -2.48. The topological polar surface area (TPSA) is 64.6 Å². The summed E-state index contributed by atoms with van der Waals surface area (Å²) in [4.78, 5) is 24.1. The van der Waals surface area contributed by atoms with E-state index in [0.29, 0.717) is 51.0 Å². The lowest BCUT2D eigenvalue weighted by Gasteiger charge is -2.17. The molecule has 0 radical (unpaired) electrons. The minimum absolute atomic E-state index is 0.156. The summed E-state index contributed by atoms with van der Waals surface area (Å²) in [6.07, 6.45) is 1.86. The first-order valence-electron chi connectivity index (χ1n) is 9.36. The number of para-hydroxylation sites is 1. The summed E-state index contributed by atoms with van der Waals surface area (Å²) in [5.74, 6) is 1.05. The third kappa shape index (κ3) is 4.05. The Morgan fingerprint density at radius 3 is 2.45 bits per heavy atom. The maximum Gasteiger partial charge on any atom is 0.273 e. The van der Waals surface area contributed by atoms with Crippen LogP contribution in [0.15, 0.2) is 41.6 Å². The lowest BCUT2D eigenvalue weighted by molar-refractivity contribution is 0.0761. The number of ether oxygens (including phenoxy) is 2. The fourth-order valence-corrected chi connectivity index (χ4v) is 4.47. The number of fused-ring (bicyclic) bond motifs is 1. The van der Waals surface area contributed by atoms with Crippen molar-refractivity contribution in [1.29, 1.82) is 0 Å². The van der Waals surface area contributed by atoms with E-state index in [1.54, 1.807) is 24.1 Å². The second kappa shape index (κ2) is 8.94. The number of carbonyl (C=O) groups excluding carboxylic acids is 1. The number of hydrogen-bond donors (Lipinski definition) is 0. The van der Waals surface area contributed by atoms with Crippen LogP contribution in [-0.4, -0.2) is 41.3 Å². The predicted octanol–water partition coefficient (Wildman–Crippen LogP) is 5.35. The number of methoxy groups -OCH3 is 2. The molecule has 0 saturated heterocycles. The van der Waals surface area contributed by atoms with Gasteiger partial charge in [-0.3, -0.25) is 4.79 Å². The third-order valence-corrected chi connectivity index (χ3v) is 6.21. The quantitative estimate of drug-likeness (QED) is 0.353. The van der Waals surface area contributed by atoms with Crippen molar-refractivity contribution in [2.24, 2.45) is 0 Å². The Labute approximate surface area is 194 Å². The number of carbonyl (C=O) groups is 1. The molecule has 31 heavy (non-hydrogen) atoms. The van der Waals surface area contributed by atoms with Gasteiger partial charge in [0, 0.05) is 16.7 Å². The van der Waals surface area contributed by atoms with Crippen LogP contribution in [0.1, 0.15) is 21.6 Å². The molecule has 0 bridgehead atoms. The lowest BCUT2D eigenvalue weighted by atomic mass is 10.1. The van der Waals surface area contributed by atoms with Crippen molar-refractivity contribution in [3.63, 3.8) is 0 Å². The molecule has 1 aromatic heterocycles. The molecule has 1 aliphatic heterocycles. The van der Waals surface area contributed by atoms with E-state index in [1.165, 1.54) is 18.9 Å². The highest BCUT2D eigenvalue weighted by atomic mass is 35.5. The number of hydrogen-bond acceptors (Lipinski definition) is 6. The zero-order valence-electron chi connectivity index (χ0n) is 17.1. The van der Waals surface area contributed by atoms with Gasteiger partial charge in [0.1, 0.15) is 17.2 Å². The minimum Gasteiger partial charge on any atom is -0.496 e. The molecular formula is C22H19Cl2N3O3S. The standard InChI is InChI=1S/C22H19Cl2N3O3S/c1-29-17-7-5-4-6-12(17)10-27-11-14-19(25-22(31-3)26-20(14)21(27)28)13-8-18(30-2)16(24)9-15(13)23/h4-9H,10-11H2,1-3H3. The number of nitrogens with zero attached hydrogens (tertiary/aromatic N) is 3. The van der Waals surface area contributed by atoms with Gasteiger partial charge in [-0.2, -0.15) is 0 Å². The fraction of sp³-hybridized carbons (Fsp3) is 0.227. The van der Waals surface area contributed by atoms with E-state index >= 15 is 0 Å². The summed E-state index contributed by atoms with van der Waals surface area (Å²) >= 11 is 14.1. The van der Waals surface area contributed by atoms with Gasteiger partial charge in [-0.25, -0.2) is 9.97 Å². The third-order valence-electron chi connectivity index (χ3n) is 5.06. The SMILES string of the molecule is COc1cc(-c2nc(SC)nc3c2CN(Cc2ccccc2OC)C3=O)c(Cl)cc1Cl. The highest BCUT2D eigenvalue weighted by Crippen LogP contribution is 2.40. The van der Waals surface area contributed by atoms with Gasteiger partial charge in [0.05, 0.1) is 43.0 Å². The van der Waals surface area contributed by atoms with E-state index < -0.39 is 0 Å². The monoisotopic (exact) mass is 475 g/mol. The van der Waals surface area contributed by atoms with Crippen molar-refractivity contribution in [3.8, 4) is 22.8 Å². The van der Waals surface area contributed by atoms with Crippen LogP contribution < -0.4 is 9.47 Å². The first-order valence-corrected chi connectivity index (χ1v) is 11.3. The average molecular weight is 476 g/mol. The summed E-state index contributed by atoms with van der Waals surface area (Å²) < 4.78 is 10.8. The smallest absolute Gasteiger partial charge is 0.273 e. The summed E-state index contributed by atoms with van der Waals surface area (Å²) in [6, 6.07) is 11.0. The largest absolute Gasteiger partial charge is 0.496 e. The van der Waals surface area contributed by atoms with Gasteiger partial charge < -0.3 is 14.4 Å². The van der Waals surface area contributed by atoms with Crippen molar-refractivity contribution < 1.29 is 14.3 Å². The number of benzene rings is 2. The molecule has 0 fully saturated rings. The number of rotatable bonds is 6. The molecule has 2 heterocycles. The van der Waals surface area contributed by atoms with E-state index in [-0.39, 0.29) is 5.91 Å². The number of halogens is 2. The van der Waals surface area contributed by atoms with Gasteiger partial charge >= 0.3 is 0 Å². The van der Waals surface area contributed by atoms with Gasteiger partial charge in [-0.15, -0.1) is 0 Å². The Bertz CT molecular complexity index is 1170. The van der Waals surface area contributed by atoms with Crippen molar-refractivity contribution in [1.82, 2.24) is 14.9 Å². The Kier molecular flexibility index (Phi) is 6.27. The molecule has 160 valence electrons. The first kappa shape index (κ1) is 21.7. The fourth-order valence-electron chi connectivity index (χ4n) is 3.55. The number of amides is 1. The van der Waals surface area contributed by atoms with Gasteiger partial charge in [0.25, 0.3) is 5.91 Å². The highest BCUT2D eigenvalue weighted by molar-refractivity contribution is 7.98. The zero-order valence-corrected chi connectivity index (χ0v) is 19.4. The summed E-state index contributed by atoms with van der Waals surface area (Å²) in [6.45, 7) is 0.752. The van der Waals surface area contributed by atoms with Crippen LogP contribution in [0.25, 0.3) is 11.3 Å². The van der Waals surface area contributed by atoms with Crippen LogP contribution >= 0.6 is 35.0 Å². The Morgan fingerprint density at radius 2 is 1.74 bits per heavy atom. The van der Waals surface area contributed by atoms with Gasteiger partial charge in [-0.1, -0.05) is 53.2 Å². The molecule has 2 aromatic carbocycles. The molecule has 9 heteroatoms. The average Bonchev–Trinajstić information content (AvgIpc) is 3.09. The molecule has 0 atom stereocenters. The van der Waals surface area contributed by atoms with Crippen LogP contribution in [0.2, 0.25) is 10.0 Å². The molecule has 0 N–H and O–H groups in total. The second-order valence-electron chi connectivity index (χ2n) is 6.83. The summed E-state index contributed by atoms with van der Waals surface area (Å²) in [5.41, 5.74) is 3.27. The molecule has 0 saturated carbocycles. The van der Waals surface area contributed by atoms with Crippen molar-refractivity contribution in [3.05, 3.63) is 63.3 Å². The van der Waals surface area contributed by atoms with Crippen molar-refractivity contribution >= 4 is 40.9 Å². The molecule has 1 aliphatic rings. The first-order chi connectivity index (χ1) is 15.0. The van der Waals surface area contributed by atoms with E-state index in [9.17, 15) is 4.79 Å². The summed E-state index contributed by atoms with van der Waals surface area (Å²) in [7, 11) is 3.15. The Morgan fingerprint density at radius 1 is 1.03 bits per heavy atom. The molecular weight excluding hydrogens is 457 g/mol.